The fraction of sp³-hybridized carbons (Fsp3) is 0.533. The first kappa shape index (κ1) is 12.9. The Bertz CT molecular complexity index is 395. The van der Waals surface area contributed by atoms with E-state index in [4.69, 9.17) is 0 Å². The molecule has 2 N–H and O–H groups in total. The van der Waals surface area contributed by atoms with E-state index in [1.54, 1.807) is 0 Å². The summed E-state index contributed by atoms with van der Waals surface area (Å²) >= 11 is 0. The summed E-state index contributed by atoms with van der Waals surface area (Å²) in [5.74, 6) is -0.0263. The molecule has 1 saturated carbocycles. The molecule has 0 unspecified atom stereocenters. The van der Waals surface area contributed by atoms with Crippen molar-refractivity contribution in [2.45, 2.75) is 51.5 Å². The highest BCUT2D eigenvalue weighted by molar-refractivity contribution is 5.89. The lowest BCUT2D eigenvalue weighted by molar-refractivity contribution is -0.114. The van der Waals surface area contributed by atoms with Crippen molar-refractivity contribution in [1.29, 1.82) is 0 Å². The predicted molar refractivity (Wildman–Crippen MR) is 75.9 cm³/mol. The molecule has 98 valence electrons. The molecule has 1 aliphatic carbocycles. The molecular weight excluding hydrogens is 224 g/mol. The Balaban J connectivity index is 1.97. The molecule has 0 atom stereocenters. The van der Waals surface area contributed by atoms with Gasteiger partial charge in [0.1, 0.15) is 0 Å². The SMILES string of the molecule is CC(=O)Nc1cccc(NC2CCCCCC2)c1. The second-order valence-electron chi connectivity index (χ2n) is 5.09. The lowest BCUT2D eigenvalue weighted by Crippen LogP contribution is -2.18. The van der Waals surface area contributed by atoms with Crippen molar-refractivity contribution >= 4 is 17.3 Å². The smallest absolute Gasteiger partial charge is 0.221 e. The van der Waals surface area contributed by atoms with Gasteiger partial charge in [-0.1, -0.05) is 31.7 Å². The molecular formula is C15H22N2O. The van der Waals surface area contributed by atoms with Gasteiger partial charge in [-0.05, 0) is 31.0 Å². The van der Waals surface area contributed by atoms with Crippen molar-refractivity contribution in [3.05, 3.63) is 24.3 Å². The molecule has 18 heavy (non-hydrogen) atoms. The summed E-state index contributed by atoms with van der Waals surface area (Å²) in [5, 5.41) is 6.40. The van der Waals surface area contributed by atoms with Crippen LogP contribution in [0.5, 0.6) is 0 Å². The summed E-state index contributed by atoms with van der Waals surface area (Å²) in [6.07, 6.45) is 7.88. The molecule has 0 heterocycles. The van der Waals surface area contributed by atoms with Crippen LogP contribution in [0.25, 0.3) is 0 Å². The summed E-state index contributed by atoms with van der Waals surface area (Å²) in [6, 6.07) is 8.55. The summed E-state index contributed by atoms with van der Waals surface area (Å²) in [5.41, 5.74) is 1.97. The molecule has 1 aromatic carbocycles. The van der Waals surface area contributed by atoms with Gasteiger partial charge in [-0.2, -0.15) is 0 Å². The zero-order valence-corrected chi connectivity index (χ0v) is 11.0. The normalized spacial score (nSPS) is 16.9. The standard InChI is InChI=1S/C15H22N2O/c1-12(18)16-14-9-6-10-15(11-14)17-13-7-4-2-3-5-8-13/h6,9-11,13,17H,2-5,7-8H2,1H3,(H,16,18). The maximum atomic E-state index is 11.0. The number of benzene rings is 1. The zero-order chi connectivity index (χ0) is 12.8. The fourth-order valence-electron chi connectivity index (χ4n) is 2.55. The maximum Gasteiger partial charge on any atom is 0.221 e. The van der Waals surface area contributed by atoms with E-state index >= 15 is 0 Å². The van der Waals surface area contributed by atoms with Gasteiger partial charge in [0, 0.05) is 24.3 Å². The number of carbonyl (C=O) groups is 1. The minimum atomic E-state index is -0.0263. The largest absolute Gasteiger partial charge is 0.382 e. The van der Waals surface area contributed by atoms with Crippen LogP contribution in [0.15, 0.2) is 24.3 Å². The highest BCUT2D eigenvalue weighted by Gasteiger charge is 2.11. The van der Waals surface area contributed by atoms with Crippen LogP contribution in [0.3, 0.4) is 0 Å². The molecule has 0 aromatic heterocycles. The lowest BCUT2D eigenvalue weighted by atomic mass is 10.1. The van der Waals surface area contributed by atoms with Gasteiger partial charge in [-0.3, -0.25) is 4.79 Å². The molecule has 0 radical (unpaired) electrons. The van der Waals surface area contributed by atoms with Gasteiger partial charge in [-0.15, -0.1) is 0 Å². The number of carbonyl (C=O) groups excluding carboxylic acids is 1. The quantitative estimate of drug-likeness (QED) is 0.797. The Morgan fingerprint density at radius 3 is 2.44 bits per heavy atom. The van der Waals surface area contributed by atoms with Crippen molar-refractivity contribution in [3.8, 4) is 0 Å². The Hall–Kier alpha value is -1.51. The third-order valence-electron chi connectivity index (χ3n) is 3.41. The van der Waals surface area contributed by atoms with E-state index in [9.17, 15) is 4.79 Å². The van der Waals surface area contributed by atoms with Gasteiger partial charge >= 0.3 is 0 Å². The zero-order valence-electron chi connectivity index (χ0n) is 11.0. The highest BCUT2D eigenvalue weighted by atomic mass is 16.1. The molecule has 3 nitrogen and oxygen atoms in total. The molecule has 0 spiro atoms. The van der Waals surface area contributed by atoms with Crippen LogP contribution >= 0.6 is 0 Å². The van der Waals surface area contributed by atoms with Crippen LogP contribution in [0, 0.1) is 0 Å². The Kier molecular flexibility index (Phi) is 4.62. The van der Waals surface area contributed by atoms with Crippen molar-refractivity contribution in [2.75, 3.05) is 10.6 Å². The summed E-state index contributed by atoms with van der Waals surface area (Å²) in [7, 11) is 0. The third-order valence-corrected chi connectivity index (χ3v) is 3.41. The molecule has 1 aliphatic rings. The molecule has 0 bridgehead atoms. The molecule has 3 heteroatoms. The van der Waals surface area contributed by atoms with Gasteiger partial charge < -0.3 is 10.6 Å². The fourth-order valence-corrected chi connectivity index (χ4v) is 2.55. The molecule has 1 amide bonds. The van der Waals surface area contributed by atoms with Crippen LogP contribution in [0.2, 0.25) is 0 Å². The predicted octanol–water partition coefficient (Wildman–Crippen LogP) is 3.78. The van der Waals surface area contributed by atoms with E-state index in [-0.39, 0.29) is 5.91 Å². The van der Waals surface area contributed by atoms with E-state index < -0.39 is 0 Å². The number of anilines is 2. The van der Waals surface area contributed by atoms with Crippen LogP contribution in [0.1, 0.15) is 45.4 Å². The minimum Gasteiger partial charge on any atom is -0.382 e. The van der Waals surface area contributed by atoms with Gasteiger partial charge in [-0.25, -0.2) is 0 Å². The van der Waals surface area contributed by atoms with Crippen molar-refractivity contribution in [1.82, 2.24) is 0 Å². The van der Waals surface area contributed by atoms with Gasteiger partial charge in [0.25, 0.3) is 0 Å². The van der Waals surface area contributed by atoms with Crippen LogP contribution in [0.4, 0.5) is 11.4 Å². The maximum absolute atomic E-state index is 11.0. The van der Waals surface area contributed by atoms with Crippen LogP contribution in [-0.4, -0.2) is 11.9 Å². The number of hydrogen-bond donors (Lipinski definition) is 2. The molecule has 2 rings (SSSR count). The van der Waals surface area contributed by atoms with Crippen LogP contribution < -0.4 is 10.6 Å². The van der Waals surface area contributed by atoms with Crippen molar-refractivity contribution < 1.29 is 4.79 Å². The van der Waals surface area contributed by atoms with Crippen LogP contribution in [-0.2, 0) is 4.79 Å². The summed E-state index contributed by atoms with van der Waals surface area (Å²) < 4.78 is 0. The van der Waals surface area contributed by atoms with E-state index in [1.165, 1.54) is 45.4 Å². The van der Waals surface area contributed by atoms with Crippen molar-refractivity contribution in [2.24, 2.45) is 0 Å². The number of nitrogens with one attached hydrogen (secondary N) is 2. The average molecular weight is 246 g/mol. The van der Waals surface area contributed by atoms with E-state index in [0.29, 0.717) is 6.04 Å². The Labute approximate surface area is 109 Å². The van der Waals surface area contributed by atoms with Gasteiger partial charge in [0.2, 0.25) is 5.91 Å². The van der Waals surface area contributed by atoms with Gasteiger partial charge in [0.05, 0.1) is 0 Å². The summed E-state index contributed by atoms with van der Waals surface area (Å²) in [6.45, 7) is 1.53. The second-order valence-corrected chi connectivity index (χ2v) is 5.09. The molecule has 0 aliphatic heterocycles. The first-order valence-corrected chi connectivity index (χ1v) is 6.88. The third kappa shape index (κ3) is 4.06. The monoisotopic (exact) mass is 246 g/mol. The number of hydrogen-bond acceptors (Lipinski definition) is 2. The number of rotatable bonds is 3. The van der Waals surface area contributed by atoms with Gasteiger partial charge in [0.15, 0.2) is 0 Å². The highest BCUT2D eigenvalue weighted by Crippen LogP contribution is 2.22. The Morgan fingerprint density at radius 2 is 1.78 bits per heavy atom. The Morgan fingerprint density at radius 1 is 1.11 bits per heavy atom. The molecule has 1 fully saturated rings. The average Bonchev–Trinajstić information content (AvgIpc) is 2.57. The first-order valence-electron chi connectivity index (χ1n) is 6.88. The minimum absolute atomic E-state index is 0.0263. The van der Waals surface area contributed by atoms with Crippen molar-refractivity contribution in [3.63, 3.8) is 0 Å². The van der Waals surface area contributed by atoms with E-state index in [2.05, 4.69) is 16.7 Å². The topological polar surface area (TPSA) is 41.1 Å². The number of amides is 1. The van der Waals surface area contributed by atoms with E-state index in [1.807, 2.05) is 18.2 Å². The first-order chi connectivity index (χ1) is 8.74. The summed E-state index contributed by atoms with van der Waals surface area (Å²) in [4.78, 5) is 11.0. The molecule has 0 saturated heterocycles. The second kappa shape index (κ2) is 6.43. The van der Waals surface area contributed by atoms with E-state index in [0.717, 1.165) is 11.4 Å². The lowest BCUT2D eigenvalue weighted by Gasteiger charge is -2.18. The molecule has 1 aromatic rings.